The molecule has 0 heterocycles. The Balaban J connectivity index is 2.79. The van der Waals surface area contributed by atoms with Gasteiger partial charge in [0.05, 0.1) is 6.10 Å². The Bertz CT molecular complexity index is 387. The summed E-state index contributed by atoms with van der Waals surface area (Å²) in [5, 5.41) is 13.0. The molecule has 3 unspecified atom stereocenters. The van der Waals surface area contributed by atoms with E-state index < -0.39 is 6.10 Å². The molecule has 3 nitrogen and oxygen atoms in total. The van der Waals surface area contributed by atoms with Gasteiger partial charge in [-0.2, -0.15) is 0 Å². The smallest absolute Gasteiger partial charge is 0.128 e. The fourth-order valence-corrected chi connectivity index (χ4v) is 2.17. The molecule has 0 radical (unpaired) electrons. The van der Waals surface area contributed by atoms with Crippen LogP contribution in [0.5, 0.6) is 0 Å². The molecule has 0 fully saturated rings. The molecular weight excluding hydrogens is 255 g/mol. The lowest BCUT2D eigenvalue weighted by atomic mass is 10.0. The van der Waals surface area contributed by atoms with E-state index in [0.29, 0.717) is 17.0 Å². The third kappa shape index (κ3) is 4.53. The predicted molar refractivity (Wildman–Crippen MR) is 72.1 cm³/mol. The van der Waals surface area contributed by atoms with E-state index in [1.54, 1.807) is 13.0 Å². The Morgan fingerprint density at radius 3 is 2.67 bits per heavy atom. The topological polar surface area (TPSA) is 58.3 Å². The van der Waals surface area contributed by atoms with Gasteiger partial charge in [-0.3, -0.25) is 0 Å². The number of benzene rings is 1. The molecule has 0 saturated heterocycles. The molecule has 5 heteroatoms. The normalized spacial score (nSPS) is 16.3. The Hall–Kier alpha value is -0.680. The Morgan fingerprint density at radius 2 is 2.11 bits per heavy atom. The highest BCUT2D eigenvalue weighted by molar-refractivity contribution is 6.30. The highest BCUT2D eigenvalue weighted by Crippen LogP contribution is 2.21. The Labute approximate surface area is 112 Å². The molecule has 0 aliphatic rings. The molecule has 0 aliphatic heterocycles. The van der Waals surface area contributed by atoms with Crippen molar-refractivity contribution in [3.05, 3.63) is 34.6 Å². The summed E-state index contributed by atoms with van der Waals surface area (Å²) in [6.45, 7) is 3.91. The van der Waals surface area contributed by atoms with Crippen LogP contribution in [0, 0.1) is 5.82 Å². The molecule has 0 amide bonds. The summed E-state index contributed by atoms with van der Waals surface area (Å²) in [7, 11) is 0. The minimum atomic E-state index is -0.407. The average molecular weight is 275 g/mol. The third-order valence-electron chi connectivity index (χ3n) is 2.75. The minimum Gasteiger partial charge on any atom is -0.393 e. The molecule has 102 valence electrons. The van der Waals surface area contributed by atoms with Crippen LogP contribution in [-0.4, -0.2) is 23.8 Å². The molecular formula is C13H20ClFN2O. The summed E-state index contributed by atoms with van der Waals surface area (Å²) in [4.78, 5) is 0. The lowest BCUT2D eigenvalue weighted by molar-refractivity contribution is 0.168. The quantitative estimate of drug-likeness (QED) is 0.746. The van der Waals surface area contributed by atoms with Gasteiger partial charge in [0.25, 0.3) is 0 Å². The van der Waals surface area contributed by atoms with Gasteiger partial charge < -0.3 is 16.2 Å². The summed E-state index contributed by atoms with van der Waals surface area (Å²) in [5.74, 6) is -0.327. The summed E-state index contributed by atoms with van der Waals surface area (Å²) >= 11 is 5.86. The first kappa shape index (κ1) is 15.4. The van der Waals surface area contributed by atoms with Crippen LogP contribution < -0.4 is 11.1 Å². The average Bonchev–Trinajstić information content (AvgIpc) is 2.28. The number of hydrogen-bond acceptors (Lipinski definition) is 3. The number of aliphatic hydroxyl groups excluding tert-OH is 1. The fraction of sp³-hybridized carbons (Fsp3) is 0.538. The second-order valence-corrected chi connectivity index (χ2v) is 5.04. The molecule has 4 N–H and O–H groups in total. The van der Waals surface area contributed by atoms with Crippen molar-refractivity contribution in [1.82, 2.24) is 5.32 Å². The molecule has 0 saturated carbocycles. The van der Waals surface area contributed by atoms with E-state index in [0.717, 1.165) is 0 Å². The van der Waals surface area contributed by atoms with Crippen molar-refractivity contribution in [1.29, 1.82) is 0 Å². The van der Waals surface area contributed by atoms with E-state index in [1.807, 2.05) is 6.92 Å². The van der Waals surface area contributed by atoms with E-state index in [4.69, 9.17) is 17.3 Å². The molecule has 0 bridgehead atoms. The van der Waals surface area contributed by atoms with Crippen molar-refractivity contribution in [3.63, 3.8) is 0 Å². The van der Waals surface area contributed by atoms with Crippen LogP contribution in [0.25, 0.3) is 0 Å². The van der Waals surface area contributed by atoms with Crippen LogP contribution in [0.1, 0.15) is 31.9 Å². The highest BCUT2D eigenvalue weighted by Gasteiger charge is 2.17. The second kappa shape index (κ2) is 7.04. The number of rotatable bonds is 6. The van der Waals surface area contributed by atoms with Crippen LogP contribution >= 0.6 is 11.6 Å². The Morgan fingerprint density at radius 1 is 1.44 bits per heavy atom. The molecule has 1 aromatic rings. The van der Waals surface area contributed by atoms with E-state index in [9.17, 15) is 9.50 Å². The van der Waals surface area contributed by atoms with Gasteiger partial charge in [0.1, 0.15) is 5.82 Å². The van der Waals surface area contributed by atoms with Gasteiger partial charge in [-0.1, -0.05) is 11.6 Å². The zero-order valence-electron chi connectivity index (χ0n) is 10.7. The number of nitrogens with two attached hydrogens (primary N) is 1. The van der Waals surface area contributed by atoms with Gasteiger partial charge in [0, 0.05) is 29.2 Å². The number of nitrogens with one attached hydrogen (secondary N) is 1. The molecule has 1 aromatic carbocycles. The number of aliphatic hydroxyl groups is 1. The van der Waals surface area contributed by atoms with Crippen molar-refractivity contribution < 1.29 is 9.50 Å². The van der Waals surface area contributed by atoms with Crippen LogP contribution in [0.15, 0.2) is 18.2 Å². The van der Waals surface area contributed by atoms with Crippen LogP contribution in [0.4, 0.5) is 4.39 Å². The van der Waals surface area contributed by atoms with Gasteiger partial charge in [-0.25, -0.2) is 4.39 Å². The largest absolute Gasteiger partial charge is 0.393 e. The maximum atomic E-state index is 13.7. The molecule has 1 rings (SSSR count). The SMILES string of the molecule is CC(O)CC(C)NC(CN)c1cc(Cl)ccc1F. The van der Waals surface area contributed by atoms with Crippen LogP contribution in [0.2, 0.25) is 5.02 Å². The van der Waals surface area contributed by atoms with Crippen molar-refractivity contribution >= 4 is 11.6 Å². The van der Waals surface area contributed by atoms with Crippen molar-refractivity contribution in [2.75, 3.05) is 6.54 Å². The van der Waals surface area contributed by atoms with Crippen molar-refractivity contribution in [3.8, 4) is 0 Å². The maximum Gasteiger partial charge on any atom is 0.128 e. The summed E-state index contributed by atoms with van der Waals surface area (Å²) in [6, 6.07) is 4.15. The molecule has 0 spiro atoms. The van der Waals surface area contributed by atoms with Gasteiger partial charge in [-0.15, -0.1) is 0 Å². The van der Waals surface area contributed by atoms with Gasteiger partial charge >= 0.3 is 0 Å². The van der Waals surface area contributed by atoms with Crippen molar-refractivity contribution in [2.45, 2.75) is 38.5 Å². The Kier molecular flexibility index (Phi) is 6.02. The van der Waals surface area contributed by atoms with E-state index in [2.05, 4.69) is 5.32 Å². The van der Waals surface area contributed by atoms with E-state index >= 15 is 0 Å². The van der Waals surface area contributed by atoms with Crippen LogP contribution in [-0.2, 0) is 0 Å². The van der Waals surface area contributed by atoms with E-state index in [1.165, 1.54) is 12.1 Å². The lowest BCUT2D eigenvalue weighted by Crippen LogP contribution is -2.37. The standard InChI is InChI=1S/C13H20ClFN2O/c1-8(5-9(2)18)17-13(7-16)11-6-10(14)3-4-12(11)15/h3-4,6,8-9,13,17-18H,5,7,16H2,1-2H3. The monoisotopic (exact) mass is 274 g/mol. The highest BCUT2D eigenvalue weighted by atomic mass is 35.5. The van der Waals surface area contributed by atoms with Crippen LogP contribution in [0.3, 0.4) is 0 Å². The fourth-order valence-electron chi connectivity index (χ4n) is 1.99. The summed E-state index contributed by atoms with van der Waals surface area (Å²) in [6.07, 6.45) is 0.175. The van der Waals surface area contributed by atoms with Gasteiger partial charge in [-0.05, 0) is 38.5 Å². The zero-order valence-corrected chi connectivity index (χ0v) is 11.4. The minimum absolute atomic E-state index is 0.0388. The van der Waals surface area contributed by atoms with Gasteiger partial charge in [0.2, 0.25) is 0 Å². The molecule has 18 heavy (non-hydrogen) atoms. The summed E-state index contributed by atoms with van der Waals surface area (Å²) < 4.78 is 13.7. The first-order valence-corrected chi connectivity index (χ1v) is 6.41. The number of hydrogen-bond donors (Lipinski definition) is 3. The molecule has 0 aromatic heterocycles. The summed E-state index contributed by atoms with van der Waals surface area (Å²) in [5.41, 5.74) is 6.13. The first-order chi connectivity index (χ1) is 8.43. The zero-order chi connectivity index (χ0) is 13.7. The third-order valence-corrected chi connectivity index (χ3v) is 2.98. The number of halogens is 2. The maximum absolute atomic E-state index is 13.7. The van der Waals surface area contributed by atoms with E-state index in [-0.39, 0.29) is 24.4 Å². The first-order valence-electron chi connectivity index (χ1n) is 6.03. The predicted octanol–water partition coefficient (Wildman–Crippen LogP) is 2.23. The molecule has 3 atom stereocenters. The van der Waals surface area contributed by atoms with Gasteiger partial charge in [0.15, 0.2) is 0 Å². The second-order valence-electron chi connectivity index (χ2n) is 4.61. The van der Waals surface area contributed by atoms with Crippen molar-refractivity contribution in [2.24, 2.45) is 5.73 Å². The lowest BCUT2D eigenvalue weighted by Gasteiger charge is -2.24. The molecule has 0 aliphatic carbocycles.